The van der Waals surface area contributed by atoms with Crippen LogP contribution in [0.1, 0.15) is 45.2 Å². The van der Waals surface area contributed by atoms with Gasteiger partial charge in [-0.25, -0.2) is 8.78 Å². The summed E-state index contributed by atoms with van der Waals surface area (Å²) in [5, 5.41) is 3.46. The summed E-state index contributed by atoms with van der Waals surface area (Å²) >= 11 is 0. The largest absolute Gasteiger partial charge is 0.307 e. The van der Waals surface area contributed by atoms with E-state index in [9.17, 15) is 8.78 Å². The van der Waals surface area contributed by atoms with E-state index in [1.54, 1.807) is 6.07 Å². The van der Waals surface area contributed by atoms with Gasteiger partial charge in [-0.15, -0.1) is 0 Å². The van der Waals surface area contributed by atoms with Crippen LogP contribution < -0.4 is 5.32 Å². The fourth-order valence-corrected chi connectivity index (χ4v) is 2.08. The first-order chi connectivity index (χ1) is 7.92. The molecule has 0 saturated heterocycles. The minimum absolute atomic E-state index is 0.0394. The fraction of sp³-hybridized carbons (Fsp3) is 0.571. The van der Waals surface area contributed by atoms with E-state index >= 15 is 0 Å². The summed E-state index contributed by atoms with van der Waals surface area (Å²) in [6, 6.07) is 4.53. The van der Waals surface area contributed by atoms with Gasteiger partial charge in [0.15, 0.2) is 11.6 Å². The number of hydrogen-bond donors (Lipinski definition) is 1. The summed E-state index contributed by atoms with van der Waals surface area (Å²) in [5.41, 5.74) is 1.17. The maximum atomic E-state index is 13.1. The van der Waals surface area contributed by atoms with Gasteiger partial charge in [-0.2, -0.15) is 0 Å². The van der Waals surface area contributed by atoms with Gasteiger partial charge in [-0.3, -0.25) is 0 Å². The lowest BCUT2D eigenvalue weighted by atomic mass is 9.98. The molecule has 1 aromatic carbocycles. The van der Waals surface area contributed by atoms with Crippen LogP contribution in [0.15, 0.2) is 18.2 Å². The Hall–Kier alpha value is -0.960. The normalized spacial score (nSPS) is 21.0. The van der Waals surface area contributed by atoms with Crippen LogP contribution in [0.3, 0.4) is 0 Å². The molecule has 0 radical (unpaired) electrons. The van der Waals surface area contributed by atoms with E-state index in [1.807, 2.05) is 6.92 Å². The van der Waals surface area contributed by atoms with Gasteiger partial charge in [0, 0.05) is 12.1 Å². The predicted molar refractivity (Wildman–Crippen MR) is 64.7 cm³/mol. The number of nitrogens with one attached hydrogen (secondary N) is 1. The molecule has 1 N–H and O–H groups in total. The lowest BCUT2D eigenvalue weighted by Gasteiger charge is -2.25. The Labute approximate surface area is 101 Å². The molecule has 2 atom stereocenters. The Morgan fingerprint density at radius 3 is 2.35 bits per heavy atom. The monoisotopic (exact) mass is 239 g/mol. The van der Waals surface area contributed by atoms with Crippen LogP contribution in [0.25, 0.3) is 0 Å². The Bertz CT molecular complexity index is 413. The minimum atomic E-state index is -0.789. The van der Waals surface area contributed by atoms with Gasteiger partial charge in [-0.05, 0) is 49.8 Å². The van der Waals surface area contributed by atoms with Crippen molar-refractivity contribution in [1.82, 2.24) is 5.32 Å². The molecule has 1 fully saturated rings. The standard InChI is InChI=1S/C14H19F2N/c1-9(17-10(2)14(3)6-7-14)11-4-5-12(15)13(16)8-11/h4-5,8-10,17H,6-7H2,1-3H3. The van der Waals surface area contributed by atoms with Crippen molar-refractivity contribution in [3.8, 4) is 0 Å². The molecule has 2 unspecified atom stereocenters. The molecule has 94 valence electrons. The molecule has 1 aliphatic rings. The first-order valence-corrected chi connectivity index (χ1v) is 6.13. The van der Waals surface area contributed by atoms with Crippen molar-refractivity contribution in [2.75, 3.05) is 0 Å². The zero-order valence-electron chi connectivity index (χ0n) is 10.6. The topological polar surface area (TPSA) is 12.0 Å². The highest BCUT2D eigenvalue weighted by atomic mass is 19.2. The molecule has 1 saturated carbocycles. The molecular weight excluding hydrogens is 220 g/mol. The molecule has 0 aliphatic heterocycles. The maximum absolute atomic E-state index is 13.1. The third-order valence-corrected chi connectivity index (χ3v) is 4.03. The van der Waals surface area contributed by atoms with Crippen LogP contribution in [0, 0.1) is 17.0 Å². The zero-order valence-corrected chi connectivity index (χ0v) is 10.6. The van der Waals surface area contributed by atoms with Gasteiger partial charge in [0.25, 0.3) is 0 Å². The molecule has 1 aromatic rings. The van der Waals surface area contributed by atoms with Crippen molar-refractivity contribution in [3.63, 3.8) is 0 Å². The highest BCUT2D eigenvalue weighted by molar-refractivity contribution is 5.21. The van der Waals surface area contributed by atoms with E-state index in [2.05, 4.69) is 19.2 Å². The van der Waals surface area contributed by atoms with E-state index in [4.69, 9.17) is 0 Å². The Kier molecular flexibility index (Phi) is 3.21. The summed E-state index contributed by atoms with van der Waals surface area (Å²) in [7, 11) is 0. The van der Waals surface area contributed by atoms with Gasteiger partial charge in [0.2, 0.25) is 0 Å². The molecule has 2 rings (SSSR count). The summed E-state index contributed by atoms with van der Waals surface area (Å²) < 4.78 is 25.9. The Morgan fingerprint density at radius 1 is 1.18 bits per heavy atom. The van der Waals surface area contributed by atoms with Gasteiger partial charge < -0.3 is 5.32 Å². The van der Waals surface area contributed by atoms with E-state index in [0.29, 0.717) is 11.5 Å². The minimum Gasteiger partial charge on any atom is -0.307 e. The van der Waals surface area contributed by atoms with Gasteiger partial charge in [-0.1, -0.05) is 13.0 Å². The second-order valence-electron chi connectivity index (χ2n) is 5.44. The van der Waals surface area contributed by atoms with Crippen molar-refractivity contribution < 1.29 is 8.78 Å². The van der Waals surface area contributed by atoms with Crippen LogP contribution in [-0.4, -0.2) is 6.04 Å². The quantitative estimate of drug-likeness (QED) is 0.842. The summed E-state index contributed by atoms with van der Waals surface area (Å²) in [6.07, 6.45) is 2.48. The smallest absolute Gasteiger partial charge is 0.159 e. The van der Waals surface area contributed by atoms with E-state index < -0.39 is 11.6 Å². The lowest BCUT2D eigenvalue weighted by Crippen LogP contribution is -2.35. The first kappa shape index (κ1) is 12.5. The van der Waals surface area contributed by atoms with Crippen LogP contribution in [-0.2, 0) is 0 Å². The van der Waals surface area contributed by atoms with Crippen molar-refractivity contribution >= 4 is 0 Å². The van der Waals surface area contributed by atoms with Crippen LogP contribution >= 0.6 is 0 Å². The van der Waals surface area contributed by atoms with E-state index in [1.165, 1.54) is 25.0 Å². The number of hydrogen-bond acceptors (Lipinski definition) is 1. The van der Waals surface area contributed by atoms with Crippen molar-refractivity contribution in [2.45, 2.75) is 45.7 Å². The molecule has 0 amide bonds. The Balaban J connectivity index is 2.03. The van der Waals surface area contributed by atoms with E-state index in [-0.39, 0.29) is 6.04 Å². The maximum Gasteiger partial charge on any atom is 0.159 e. The van der Waals surface area contributed by atoms with E-state index in [0.717, 1.165) is 5.56 Å². The number of halogens is 2. The highest BCUT2D eigenvalue weighted by Gasteiger charge is 2.42. The molecule has 1 aliphatic carbocycles. The number of rotatable bonds is 4. The molecule has 0 bridgehead atoms. The van der Waals surface area contributed by atoms with Crippen molar-refractivity contribution in [1.29, 1.82) is 0 Å². The molecule has 3 heteroatoms. The van der Waals surface area contributed by atoms with Gasteiger partial charge in [0.1, 0.15) is 0 Å². The summed E-state index contributed by atoms with van der Waals surface area (Å²) in [5.74, 6) is -1.57. The average Bonchev–Trinajstić information content (AvgIpc) is 3.02. The SMILES string of the molecule is CC(NC(C)C1(C)CC1)c1ccc(F)c(F)c1. The van der Waals surface area contributed by atoms with Crippen molar-refractivity contribution in [3.05, 3.63) is 35.4 Å². The first-order valence-electron chi connectivity index (χ1n) is 6.13. The van der Waals surface area contributed by atoms with Crippen molar-refractivity contribution in [2.24, 2.45) is 5.41 Å². The lowest BCUT2D eigenvalue weighted by molar-refractivity contribution is 0.349. The zero-order chi connectivity index (χ0) is 12.6. The fourth-order valence-electron chi connectivity index (χ4n) is 2.08. The second-order valence-corrected chi connectivity index (χ2v) is 5.44. The third kappa shape index (κ3) is 2.65. The van der Waals surface area contributed by atoms with Crippen LogP contribution in [0.5, 0.6) is 0 Å². The molecule has 0 spiro atoms. The van der Waals surface area contributed by atoms with Crippen LogP contribution in [0.4, 0.5) is 8.78 Å². The molecular formula is C14H19F2N. The average molecular weight is 239 g/mol. The molecule has 17 heavy (non-hydrogen) atoms. The molecule has 0 heterocycles. The molecule has 1 nitrogen and oxygen atoms in total. The number of benzene rings is 1. The Morgan fingerprint density at radius 2 is 1.82 bits per heavy atom. The van der Waals surface area contributed by atoms with Gasteiger partial charge in [0.05, 0.1) is 0 Å². The molecule has 0 aromatic heterocycles. The third-order valence-electron chi connectivity index (χ3n) is 4.03. The highest BCUT2D eigenvalue weighted by Crippen LogP contribution is 2.48. The summed E-state index contributed by atoms with van der Waals surface area (Å²) in [6.45, 7) is 6.39. The van der Waals surface area contributed by atoms with Crippen LogP contribution in [0.2, 0.25) is 0 Å². The predicted octanol–water partition coefficient (Wildman–Crippen LogP) is 3.80. The van der Waals surface area contributed by atoms with Gasteiger partial charge >= 0.3 is 0 Å². The second kappa shape index (κ2) is 4.37. The summed E-state index contributed by atoms with van der Waals surface area (Å²) in [4.78, 5) is 0.